The summed E-state index contributed by atoms with van der Waals surface area (Å²) in [7, 11) is -3.46. The summed E-state index contributed by atoms with van der Waals surface area (Å²) >= 11 is 0. The Labute approximate surface area is 65.6 Å². The Hall–Kier alpha value is -0.620. The lowest BCUT2D eigenvalue weighted by atomic mass is 10.2. The summed E-state index contributed by atoms with van der Waals surface area (Å²) in [5.41, 5.74) is 4.85. The molecular formula is C5H11NO4S. The van der Waals surface area contributed by atoms with Crippen molar-refractivity contribution in [1.29, 1.82) is 0 Å². The number of carbonyl (C=O) groups is 1. The zero-order chi connectivity index (χ0) is 9.07. The van der Waals surface area contributed by atoms with Crippen molar-refractivity contribution in [3.8, 4) is 0 Å². The highest BCUT2D eigenvalue weighted by Crippen LogP contribution is 1.96. The predicted octanol–water partition coefficient (Wildman–Crippen LogP) is -0.916. The Morgan fingerprint density at radius 2 is 2.09 bits per heavy atom. The van der Waals surface area contributed by atoms with Crippen LogP contribution in [-0.4, -0.2) is 27.2 Å². The van der Waals surface area contributed by atoms with Crippen molar-refractivity contribution >= 4 is 16.0 Å². The fraction of sp³-hybridized carbons (Fsp3) is 0.800. The van der Waals surface area contributed by atoms with Gasteiger partial charge in [-0.25, -0.2) is 0 Å². The van der Waals surface area contributed by atoms with E-state index in [4.69, 9.17) is 5.73 Å². The van der Waals surface area contributed by atoms with E-state index in [9.17, 15) is 13.2 Å². The molecule has 0 aliphatic heterocycles. The van der Waals surface area contributed by atoms with Gasteiger partial charge in [0.15, 0.2) is 0 Å². The lowest BCUT2D eigenvalue weighted by molar-refractivity contribution is -0.122. The molecule has 0 spiro atoms. The summed E-state index contributed by atoms with van der Waals surface area (Å²) in [6, 6.07) is 0. The van der Waals surface area contributed by atoms with Crippen molar-refractivity contribution in [2.45, 2.75) is 6.92 Å². The molecular weight excluding hydrogens is 170 g/mol. The van der Waals surface area contributed by atoms with Gasteiger partial charge in [0.25, 0.3) is 10.1 Å². The number of amides is 1. The maximum Gasteiger partial charge on any atom is 0.264 e. The molecule has 0 rings (SSSR count). The lowest BCUT2D eigenvalue weighted by Crippen LogP contribution is -2.25. The van der Waals surface area contributed by atoms with Gasteiger partial charge in [-0.1, -0.05) is 6.92 Å². The minimum absolute atomic E-state index is 0.186. The highest BCUT2D eigenvalue weighted by molar-refractivity contribution is 7.85. The summed E-state index contributed by atoms with van der Waals surface area (Å²) in [6.07, 6.45) is 0.917. The third kappa shape index (κ3) is 5.81. The molecule has 11 heavy (non-hydrogen) atoms. The molecule has 0 unspecified atom stereocenters. The molecule has 6 heteroatoms. The Bertz CT molecular complexity index is 233. The van der Waals surface area contributed by atoms with Gasteiger partial charge in [0.05, 0.1) is 18.8 Å². The average Bonchev–Trinajstić information content (AvgIpc) is 1.80. The van der Waals surface area contributed by atoms with Crippen molar-refractivity contribution in [3.63, 3.8) is 0 Å². The predicted molar refractivity (Wildman–Crippen MR) is 39.2 cm³/mol. The SMILES string of the molecule is C[C@@H](COS(C)(=O)=O)C(N)=O. The largest absolute Gasteiger partial charge is 0.369 e. The van der Waals surface area contributed by atoms with Crippen molar-refractivity contribution in [2.24, 2.45) is 11.7 Å². The second-order valence-corrected chi connectivity index (χ2v) is 3.94. The zero-order valence-corrected chi connectivity index (χ0v) is 7.22. The average molecular weight is 181 g/mol. The Morgan fingerprint density at radius 1 is 1.64 bits per heavy atom. The zero-order valence-electron chi connectivity index (χ0n) is 6.40. The standard InChI is InChI=1S/C5H11NO4S/c1-4(5(6)7)3-10-11(2,8)9/h4H,3H2,1-2H3,(H2,6,7)/t4-/m0/s1. The molecule has 0 saturated carbocycles. The van der Waals surface area contributed by atoms with E-state index in [-0.39, 0.29) is 6.61 Å². The summed E-state index contributed by atoms with van der Waals surface area (Å²) in [5.74, 6) is -1.15. The van der Waals surface area contributed by atoms with Crippen molar-refractivity contribution in [1.82, 2.24) is 0 Å². The Balaban J connectivity index is 3.82. The van der Waals surface area contributed by atoms with Crippen LogP contribution in [0.2, 0.25) is 0 Å². The fourth-order valence-electron chi connectivity index (χ4n) is 0.308. The first-order valence-electron chi connectivity index (χ1n) is 2.96. The van der Waals surface area contributed by atoms with Crippen LogP contribution in [0.15, 0.2) is 0 Å². The first kappa shape index (κ1) is 10.4. The lowest BCUT2D eigenvalue weighted by Gasteiger charge is -2.05. The van der Waals surface area contributed by atoms with E-state index in [0.29, 0.717) is 0 Å². The van der Waals surface area contributed by atoms with Crippen LogP contribution in [0, 0.1) is 5.92 Å². The second-order valence-electron chi connectivity index (χ2n) is 2.29. The molecule has 5 nitrogen and oxygen atoms in total. The molecule has 0 heterocycles. The number of hydrogen-bond acceptors (Lipinski definition) is 4. The van der Waals surface area contributed by atoms with Gasteiger partial charge in [-0.3, -0.25) is 8.98 Å². The summed E-state index contributed by atoms with van der Waals surface area (Å²) in [5, 5.41) is 0. The summed E-state index contributed by atoms with van der Waals surface area (Å²) in [4.78, 5) is 10.4. The van der Waals surface area contributed by atoms with Crippen molar-refractivity contribution < 1.29 is 17.4 Å². The van der Waals surface area contributed by atoms with Crippen LogP contribution in [0.1, 0.15) is 6.92 Å². The monoisotopic (exact) mass is 181 g/mol. The molecule has 66 valence electrons. The maximum atomic E-state index is 10.4. The number of carbonyl (C=O) groups excluding carboxylic acids is 1. The van der Waals surface area contributed by atoms with Crippen LogP contribution in [-0.2, 0) is 19.1 Å². The van der Waals surface area contributed by atoms with Crippen LogP contribution in [0.5, 0.6) is 0 Å². The normalized spacial score (nSPS) is 14.4. The van der Waals surface area contributed by atoms with Gasteiger partial charge in [-0.2, -0.15) is 8.42 Å². The highest BCUT2D eigenvalue weighted by Gasteiger charge is 2.11. The Morgan fingerprint density at radius 3 is 2.36 bits per heavy atom. The molecule has 0 bridgehead atoms. The maximum absolute atomic E-state index is 10.4. The van der Waals surface area contributed by atoms with Crippen LogP contribution >= 0.6 is 0 Å². The van der Waals surface area contributed by atoms with E-state index in [0.717, 1.165) is 6.26 Å². The minimum atomic E-state index is -3.46. The second kappa shape index (κ2) is 3.68. The number of hydrogen-bond donors (Lipinski definition) is 1. The molecule has 0 aromatic carbocycles. The van der Waals surface area contributed by atoms with Gasteiger partial charge in [0.1, 0.15) is 0 Å². The third-order valence-electron chi connectivity index (χ3n) is 1.02. The minimum Gasteiger partial charge on any atom is -0.369 e. The number of nitrogens with two attached hydrogens (primary N) is 1. The third-order valence-corrected chi connectivity index (χ3v) is 1.58. The molecule has 0 radical (unpaired) electrons. The molecule has 0 aromatic heterocycles. The van der Waals surface area contributed by atoms with Gasteiger partial charge in [0.2, 0.25) is 5.91 Å². The molecule has 0 saturated heterocycles. The Kier molecular flexibility index (Phi) is 3.47. The van der Waals surface area contributed by atoms with Crippen LogP contribution in [0.4, 0.5) is 0 Å². The van der Waals surface area contributed by atoms with Crippen LogP contribution in [0.3, 0.4) is 0 Å². The summed E-state index contributed by atoms with van der Waals surface area (Å²) < 4.78 is 25.1. The molecule has 0 aliphatic carbocycles. The summed E-state index contributed by atoms with van der Waals surface area (Å²) in [6.45, 7) is 1.31. The molecule has 0 aromatic rings. The molecule has 0 aliphatic rings. The first-order valence-corrected chi connectivity index (χ1v) is 4.78. The van der Waals surface area contributed by atoms with E-state index < -0.39 is 21.9 Å². The molecule has 0 fully saturated rings. The smallest absolute Gasteiger partial charge is 0.264 e. The van der Waals surface area contributed by atoms with E-state index in [1.807, 2.05) is 0 Å². The van der Waals surface area contributed by atoms with Crippen molar-refractivity contribution in [3.05, 3.63) is 0 Å². The van der Waals surface area contributed by atoms with E-state index in [1.165, 1.54) is 6.92 Å². The van der Waals surface area contributed by atoms with Gasteiger partial charge in [0, 0.05) is 0 Å². The van der Waals surface area contributed by atoms with Crippen LogP contribution < -0.4 is 5.73 Å². The van der Waals surface area contributed by atoms with Crippen molar-refractivity contribution in [2.75, 3.05) is 12.9 Å². The molecule has 1 atom stereocenters. The van der Waals surface area contributed by atoms with Crippen LogP contribution in [0.25, 0.3) is 0 Å². The highest BCUT2D eigenvalue weighted by atomic mass is 32.2. The van der Waals surface area contributed by atoms with E-state index in [2.05, 4.69) is 4.18 Å². The van der Waals surface area contributed by atoms with Gasteiger partial charge in [-0.05, 0) is 0 Å². The molecule has 1 amide bonds. The van der Waals surface area contributed by atoms with E-state index >= 15 is 0 Å². The van der Waals surface area contributed by atoms with Gasteiger partial charge in [-0.15, -0.1) is 0 Å². The quantitative estimate of drug-likeness (QED) is 0.568. The number of rotatable bonds is 4. The topological polar surface area (TPSA) is 86.5 Å². The van der Waals surface area contributed by atoms with E-state index in [1.54, 1.807) is 0 Å². The number of primary amides is 1. The first-order chi connectivity index (χ1) is 4.83. The molecule has 2 N–H and O–H groups in total. The van der Waals surface area contributed by atoms with Gasteiger partial charge >= 0.3 is 0 Å². The fourth-order valence-corrected chi connectivity index (χ4v) is 0.759. The van der Waals surface area contributed by atoms with Gasteiger partial charge < -0.3 is 5.73 Å².